The van der Waals surface area contributed by atoms with Gasteiger partial charge < -0.3 is 9.52 Å². The summed E-state index contributed by atoms with van der Waals surface area (Å²) in [6.45, 7) is 0.0338. The maximum absolute atomic E-state index is 11.0. The predicted molar refractivity (Wildman–Crippen MR) is 47.0 cm³/mol. The van der Waals surface area contributed by atoms with E-state index in [2.05, 4.69) is 4.72 Å². The number of nitrogens with one attached hydrogen (secondary N) is 1. The van der Waals surface area contributed by atoms with Crippen LogP contribution >= 0.6 is 0 Å². The molecule has 0 aliphatic heterocycles. The van der Waals surface area contributed by atoms with Crippen molar-refractivity contribution in [3.8, 4) is 0 Å². The Kier molecular flexibility index (Phi) is 3.26. The summed E-state index contributed by atoms with van der Waals surface area (Å²) in [5.41, 5.74) is 0.638. The van der Waals surface area contributed by atoms with Crippen molar-refractivity contribution in [2.75, 3.05) is 5.75 Å². The second-order valence-corrected chi connectivity index (χ2v) is 4.41. The Morgan fingerprint density at radius 1 is 1.57 bits per heavy atom. The van der Waals surface area contributed by atoms with Gasteiger partial charge in [-0.3, -0.25) is 4.79 Å². The Morgan fingerprint density at radius 3 is 2.79 bits per heavy atom. The van der Waals surface area contributed by atoms with E-state index < -0.39 is 21.7 Å². The molecular weight excluding hydrogens is 210 g/mol. The molecular formula is C7H9NO5S. The minimum atomic E-state index is -3.75. The molecule has 1 rings (SSSR count). The lowest BCUT2D eigenvalue weighted by Gasteiger charge is -2.01. The lowest BCUT2D eigenvalue weighted by Crippen LogP contribution is -2.29. The summed E-state index contributed by atoms with van der Waals surface area (Å²) in [5.74, 6) is -2.31. The monoisotopic (exact) mass is 219 g/mol. The highest BCUT2D eigenvalue weighted by atomic mass is 32.2. The Balaban J connectivity index is 2.49. The Morgan fingerprint density at radius 2 is 2.29 bits per heavy atom. The van der Waals surface area contributed by atoms with Crippen LogP contribution in [0.1, 0.15) is 5.56 Å². The molecule has 0 unspecified atom stereocenters. The summed E-state index contributed by atoms with van der Waals surface area (Å²) >= 11 is 0. The van der Waals surface area contributed by atoms with Crippen LogP contribution in [-0.2, 0) is 21.4 Å². The van der Waals surface area contributed by atoms with Gasteiger partial charge >= 0.3 is 5.97 Å². The predicted octanol–water partition coefficient (Wildman–Crippen LogP) is -0.216. The number of rotatable bonds is 5. The van der Waals surface area contributed by atoms with Crippen LogP contribution in [0, 0.1) is 0 Å². The number of furan rings is 1. The number of carbonyl (C=O) groups is 1. The molecule has 0 atom stereocenters. The number of sulfonamides is 1. The molecule has 1 aromatic rings. The van der Waals surface area contributed by atoms with Gasteiger partial charge in [-0.25, -0.2) is 13.1 Å². The molecule has 0 fully saturated rings. The molecule has 78 valence electrons. The quantitative estimate of drug-likeness (QED) is 0.713. The Bertz CT molecular complexity index is 394. The van der Waals surface area contributed by atoms with Gasteiger partial charge in [-0.2, -0.15) is 0 Å². The highest BCUT2D eigenvalue weighted by Gasteiger charge is 2.14. The molecule has 0 saturated heterocycles. The molecule has 14 heavy (non-hydrogen) atoms. The van der Waals surface area contributed by atoms with E-state index in [9.17, 15) is 13.2 Å². The van der Waals surface area contributed by atoms with E-state index in [0.29, 0.717) is 5.56 Å². The second-order valence-electron chi connectivity index (χ2n) is 2.61. The van der Waals surface area contributed by atoms with E-state index in [1.165, 1.54) is 12.5 Å². The smallest absolute Gasteiger partial charge is 0.320 e. The zero-order valence-corrected chi connectivity index (χ0v) is 7.95. The molecule has 7 heteroatoms. The van der Waals surface area contributed by atoms with Crippen molar-refractivity contribution in [3.63, 3.8) is 0 Å². The third kappa shape index (κ3) is 3.58. The minimum Gasteiger partial charge on any atom is -0.480 e. The number of carboxylic acid groups (broad SMARTS) is 1. The summed E-state index contributed by atoms with van der Waals surface area (Å²) in [7, 11) is -3.75. The first kappa shape index (κ1) is 10.7. The van der Waals surface area contributed by atoms with E-state index in [1.54, 1.807) is 6.07 Å². The largest absolute Gasteiger partial charge is 0.480 e. The fourth-order valence-electron chi connectivity index (χ4n) is 0.800. The molecule has 2 N–H and O–H groups in total. The third-order valence-electron chi connectivity index (χ3n) is 1.39. The van der Waals surface area contributed by atoms with Crippen molar-refractivity contribution in [3.05, 3.63) is 24.2 Å². The lowest BCUT2D eigenvalue weighted by atomic mass is 10.4. The first-order valence-corrected chi connectivity index (χ1v) is 5.35. The van der Waals surface area contributed by atoms with E-state index in [0.717, 1.165) is 0 Å². The van der Waals surface area contributed by atoms with E-state index in [-0.39, 0.29) is 6.54 Å². The molecule has 0 amide bonds. The second kappa shape index (κ2) is 4.25. The lowest BCUT2D eigenvalue weighted by molar-refractivity contribution is -0.134. The molecule has 0 spiro atoms. The SMILES string of the molecule is O=C(O)CS(=O)(=O)NCc1ccoc1. The standard InChI is InChI=1S/C7H9NO5S/c9-7(10)5-14(11,12)8-3-6-1-2-13-4-6/h1-2,4,8H,3,5H2,(H,9,10). The van der Waals surface area contributed by atoms with Crippen molar-refractivity contribution in [1.29, 1.82) is 0 Å². The molecule has 6 nitrogen and oxygen atoms in total. The summed E-state index contributed by atoms with van der Waals surface area (Å²) < 4.78 is 28.9. The molecule has 0 aliphatic rings. The molecule has 0 bridgehead atoms. The van der Waals surface area contributed by atoms with Gasteiger partial charge in [-0.1, -0.05) is 0 Å². The van der Waals surface area contributed by atoms with Crippen molar-refractivity contribution < 1.29 is 22.7 Å². The van der Waals surface area contributed by atoms with Gasteiger partial charge in [0.05, 0.1) is 12.5 Å². The number of hydrogen-bond acceptors (Lipinski definition) is 4. The van der Waals surface area contributed by atoms with Gasteiger partial charge in [0.2, 0.25) is 10.0 Å². The average molecular weight is 219 g/mol. The van der Waals surface area contributed by atoms with Crippen LogP contribution in [0.3, 0.4) is 0 Å². The zero-order chi connectivity index (χ0) is 10.6. The third-order valence-corrected chi connectivity index (χ3v) is 2.60. The number of carboxylic acids is 1. The zero-order valence-electron chi connectivity index (χ0n) is 7.13. The first-order chi connectivity index (χ1) is 6.49. The topological polar surface area (TPSA) is 96.6 Å². The summed E-state index contributed by atoms with van der Waals surface area (Å²) in [4.78, 5) is 10.1. The van der Waals surface area contributed by atoms with Crippen molar-refractivity contribution in [1.82, 2.24) is 4.72 Å². The fourth-order valence-corrected chi connectivity index (χ4v) is 1.61. The van der Waals surface area contributed by atoms with E-state index >= 15 is 0 Å². The molecule has 0 aromatic carbocycles. The van der Waals surface area contributed by atoms with Gasteiger partial charge in [0.1, 0.15) is 0 Å². The number of aliphatic carboxylic acids is 1. The van der Waals surface area contributed by atoms with Crippen LogP contribution in [0.4, 0.5) is 0 Å². The maximum atomic E-state index is 11.0. The molecule has 1 aromatic heterocycles. The molecule has 0 saturated carbocycles. The fraction of sp³-hybridized carbons (Fsp3) is 0.286. The van der Waals surface area contributed by atoms with Crippen LogP contribution in [0.2, 0.25) is 0 Å². The Labute approximate surface area is 80.6 Å². The maximum Gasteiger partial charge on any atom is 0.320 e. The van der Waals surface area contributed by atoms with Crippen molar-refractivity contribution >= 4 is 16.0 Å². The minimum absolute atomic E-state index is 0.0338. The first-order valence-electron chi connectivity index (χ1n) is 3.70. The molecule has 0 aliphatic carbocycles. The highest BCUT2D eigenvalue weighted by molar-refractivity contribution is 7.90. The number of hydrogen-bond donors (Lipinski definition) is 2. The average Bonchev–Trinajstić information content (AvgIpc) is 2.50. The highest BCUT2D eigenvalue weighted by Crippen LogP contribution is 1.99. The van der Waals surface area contributed by atoms with Gasteiger partial charge in [0.15, 0.2) is 5.75 Å². The van der Waals surface area contributed by atoms with Crippen LogP contribution in [-0.4, -0.2) is 25.2 Å². The van der Waals surface area contributed by atoms with Crippen molar-refractivity contribution in [2.45, 2.75) is 6.54 Å². The van der Waals surface area contributed by atoms with Gasteiger partial charge in [0.25, 0.3) is 0 Å². The van der Waals surface area contributed by atoms with E-state index in [4.69, 9.17) is 9.52 Å². The van der Waals surface area contributed by atoms with Gasteiger partial charge in [-0.05, 0) is 6.07 Å². The Hall–Kier alpha value is -1.34. The van der Waals surface area contributed by atoms with Crippen molar-refractivity contribution in [2.24, 2.45) is 0 Å². The van der Waals surface area contributed by atoms with Crippen LogP contribution in [0.15, 0.2) is 23.0 Å². The van der Waals surface area contributed by atoms with Gasteiger partial charge in [-0.15, -0.1) is 0 Å². The summed E-state index contributed by atoms with van der Waals surface area (Å²) in [6.07, 6.45) is 2.78. The molecule has 1 heterocycles. The summed E-state index contributed by atoms with van der Waals surface area (Å²) in [6, 6.07) is 1.59. The normalized spacial score (nSPS) is 11.4. The summed E-state index contributed by atoms with van der Waals surface area (Å²) in [5, 5.41) is 8.27. The van der Waals surface area contributed by atoms with Crippen LogP contribution in [0.5, 0.6) is 0 Å². The van der Waals surface area contributed by atoms with Gasteiger partial charge in [0, 0.05) is 12.1 Å². The van der Waals surface area contributed by atoms with Crippen LogP contribution < -0.4 is 4.72 Å². The van der Waals surface area contributed by atoms with Crippen LogP contribution in [0.25, 0.3) is 0 Å². The molecule has 0 radical (unpaired) electrons. The van der Waals surface area contributed by atoms with E-state index in [1.807, 2.05) is 0 Å².